The zero-order valence-electron chi connectivity index (χ0n) is 7.39. The number of ether oxygens (including phenoxy) is 1. The lowest BCUT2D eigenvalue weighted by Gasteiger charge is -2.16. The molecule has 15 heavy (non-hydrogen) atoms. The standard InChI is InChI=1S/C9H7F4IO/c10-8(11)9(12,13)5-15-7-4-2-1-3-6(7)14/h1-4,8H,5H2. The summed E-state index contributed by atoms with van der Waals surface area (Å²) in [7, 11) is 0. The van der Waals surface area contributed by atoms with E-state index >= 15 is 0 Å². The predicted octanol–water partition coefficient (Wildman–Crippen LogP) is 3.57. The van der Waals surface area contributed by atoms with Crippen molar-refractivity contribution in [1.82, 2.24) is 0 Å². The Morgan fingerprint density at radius 2 is 1.87 bits per heavy atom. The second-order valence-electron chi connectivity index (χ2n) is 2.78. The van der Waals surface area contributed by atoms with Crippen molar-refractivity contribution >= 4 is 22.6 Å². The quantitative estimate of drug-likeness (QED) is 0.604. The lowest BCUT2D eigenvalue weighted by Crippen LogP contribution is -2.33. The van der Waals surface area contributed by atoms with Crippen LogP contribution in [-0.2, 0) is 0 Å². The van der Waals surface area contributed by atoms with Crippen LogP contribution < -0.4 is 4.74 Å². The van der Waals surface area contributed by atoms with Crippen LogP contribution in [-0.4, -0.2) is 19.0 Å². The molecule has 1 aromatic carbocycles. The van der Waals surface area contributed by atoms with Crippen molar-refractivity contribution in [3.8, 4) is 5.75 Å². The molecule has 0 heterocycles. The number of hydrogen-bond donors (Lipinski definition) is 0. The van der Waals surface area contributed by atoms with Crippen LogP contribution >= 0.6 is 22.6 Å². The number of benzene rings is 1. The fourth-order valence-electron chi connectivity index (χ4n) is 0.799. The molecule has 0 radical (unpaired) electrons. The van der Waals surface area contributed by atoms with Crippen molar-refractivity contribution < 1.29 is 22.3 Å². The lowest BCUT2D eigenvalue weighted by atomic mass is 10.3. The Hall–Kier alpha value is -0.530. The highest BCUT2D eigenvalue weighted by Gasteiger charge is 2.41. The molecule has 0 aliphatic heterocycles. The van der Waals surface area contributed by atoms with Gasteiger partial charge in [0.2, 0.25) is 0 Å². The Labute approximate surface area is 97.6 Å². The third-order valence-electron chi connectivity index (χ3n) is 1.58. The summed E-state index contributed by atoms with van der Waals surface area (Å²) in [4.78, 5) is 0. The van der Waals surface area contributed by atoms with E-state index in [1.54, 1.807) is 18.2 Å². The van der Waals surface area contributed by atoms with E-state index in [1.807, 2.05) is 22.6 Å². The molecular formula is C9H7F4IO. The molecule has 84 valence electrons. The van der Waals surface area contributed by atoms with E-state index in [0.717, 1.165) is 0 Å². The highest BCUT2D eigenvalue weighted by Crippen LogP contribution is 2.26. The Morgan fingerprint density at radius 3 is 2.40 bits per heavy atom. The third kappa shape index (κ3) is 3.51. The van der Waals surface area contributed by atoms with Crippen molar-refractivity contribution in [3.05, 3.63) is 27.8 Å². The lowest BCUT2D eigenvalue weighted by molar-refractivity contribution is -0.148. The highest BCUT2D eigenvalue weighted by atomic mass is 127. The van der Waals surface area contributed by atoms with E-state index in [2.05, 4.69) is 4.74 Å². The first-order valence-corrected chi connectivity index (χ1v) is 5.04. The van der Waals surface area contributed by atoms with Gasteiger partial charge in [0.25, 0.3) is 0 Å². The SMILES string of the molecule is FC(F)C(F)(F)COc1ccccc1I. The average molecular weight is 334 g/mol. The summed E-state index contributed by atoms with van der Waals surface area (Å²) in [5.41, 5.74) is 0. The summed E-state index contributed by atoms with van der Waals surface area (Å²) in [5, 5.41) is 0. The van der Waals surface area contributed by atoms with E-state index in [1.165, 1.54) is 6.07 Å². The summed E-state index contributed by atoms with van der Waals surface area (Å²) in [6, 6.07) is 6.36. The fourth-order valence-corrected chi connectivity index (χ4v) is 1.34. The van der Waals surface area contributed by atoms with Gasteiger partial charge in [0.1, 0.15) is 5.75 Å². The second kappa shape index (κ2) is 5.00. The summed E-state index contributed by atoms with van der Waals surface area (Å²) >= 11 is 1.87. The molecule has 0 saturated carbocycles. The first kappa shape index (κ1) is 12.5. The predicted molar refractivity (Wildman–Crippen MR) is 55.6 cm³/mol. The number of hydrogen-bond acceptors (Lipinski definition) is 1. The molecule has 0 aromatic heterocycles. The van der Waals surface area contributed by atoms with Crippen molar-refractivity contribution in [1.29, 1.82) is 0 Å². The van der Waals surface area contributed by atoms with Gasteiger partial charge in [0.05, 0.1) is 3.57 Å². The summed E-state index contributed by atoms with van der Waals surface area (Å²) in [5.74, 6) is -3.93. The van der Waals surface area contributed by atoms with Crippen LogP contribution in [0.2, 0.25) is 0 Å². The van der Waals surface area contributed by atoms with Crippen LogP contribution in [0.15, 0.2) is 24.3 Å². The van der Waals surface area contributed by atoms with Crippen LogP contribution in [0, 0.1) is 3.57 Å². The largest absolute Gasteiger partial charge is 0.486 e. The molecule has 1 aromatic rings. The van der Waals surface area contributed by atoms with Gasteiger partial charge in [0.15, 0.2) is 6.61 Å². The molecule has 0 atom stereocenters. The molecule has 1 nitrogen and oxygen atoms in total. The fraction of sp³-hybridized carbons (Fsp3) is 0.333. The molecule has 0 aliphatic carbocycles. The molecule has 0 N–H and O–H groups in total. The summed E-state index contributed by atoms with van der Waals surface area (Å²) in [6.07, 6.45) is -3.71. The van der Waals surface area contributed by atoms with Crippen molar-refractivity contribution in [3.63, 3.8) is 0 Å². The van der Waals surface area contributed by atoms with Gasteiger partial charge in [-0.05, 0) is 34.7 Å². The average Bonchev–Trinajstić information content (AvgIpc) is 2.16. The minimum atomic E-state index is -4.11. The molecule has 0 spiro atoms. The number of rotatable bonds is 4. The van der Waals surface area contributed by atoms with Gasteiger partial charge >= 0.3 is 12.3 Å². The monoisotopic (exact) mass is 334 g/mol. The molecule has 0 bridgehead atoms. The van der Waals surface area contributed by atoms with Crippen LogP contribution in [0.3, 0.4) is 0 Å². The van der Waals surface area contributed by atoms with Crippen LogP contribution in [0.1, 0.15) is 0 Å². The van der Waals surface area contributed by atoms with Gasteiger partial charge in [0, 0.05) is 0 Å². The van der Waals surface area contributed by atoms with Crippen LogP contribution in [0.5, 0.6) is 5.75 Å². The van der Waals surface area contributed by atoms with Crippen LogP contribution in [0.4, 0.5) is 17.6 Å². The normalized spacial score (nSPS) is 11.9. The van der Waals surface area contributed by atoms with Crippen molar-refractivity contribution in [2.24, 2.45) is 0 Å². The Balaban J connectivity index is 2.62. The van der Waals surface area contributed by atoms with Crippen LogP contribution in [0.25, 0.3) is 0 Å². The summed E-state index contributed by atoms with van der Waals surface area (Å²) in [6.45, 7) is -1.31. The van der Waals surface area contributed by atoms with Gasteiger partial charge < -0.3 is 4.74 Å². The Kier molecular flexibility index (Phi) is 4.18. The minimum absolute atomic E-state index is 0.179. The number of para-hydroxylation sites is 1. The van der Waals surface area contributed by atoms with Gasteiger partial charge in [-0.1, -0.05) is 12.1 Å². The molecule has 6 heteroatoms. The van der Waals surface area contributed by atoms with E-state index < -0.39 is 19.0 Å². The first-order chi connectivity index (χ1) is 6.93. The molecule has 0 fully saturated rings. The highest BCUT2D eigenvalue weighted by molar-refractivity contribution is 14.1. The molecule has 0 aliphatic rings. The van der Waals surface area contributed by atoms with E-state index in [-0.39, 0.29) is 5.75 Å². The minimum Gasteiger partial charge on any atom is -0.486 e. The van der Waals surface area contributed by atoms with E-state index in [9.17, 15) is 17.6 Å². The molecule has 0 saturated heterocycles. The van der Waals surface area contributed by atoms with Gasteiger partial charge in [-0.15, -0.1) is 0 Å². The molecular weight excluding hydrogens is 327 g/mol. The maximum atomic E-state index is 12.5. The second-order valence-corrected chi connectivity index (χ2v) is 3.94. The topological polar surface area (TPSA) is 9.23 Å². The van der Waals surface area contributed by atoms with Crippen molar-refractivity contribution in [2.75, 3.05) is 6.61 Å². The smallest absolute Gasteiger partial charge is 0.340 e. The zero-order chi connectivity index (χ0) is 11.5. The Morgan fingerprint density at radius 1 is 1.27 bits per heavy atom. The maximum Gasteiger partial charge on any atom is 0.340 e. The van der Waals surface area contributed by atoms with Crippen molar-refractivity contribution in [2.45, 2.75) is 12.3 Å². The first-order valence-electron chi connectivity index (χ1n) is 3.97. The maximum absolute atomic E-state index is 12.5. The Bertz CT molecular complexity index is 330. The number of alkyl halides is 4. The summed E-state index contributed by atoms with van der Waals surface area (Å²) < 4.78 is 53.8. The van der Waals surface area contributed by atoms with Gasteiger partial charge in [-0.3, -0.25) is 0 Å². The van der Waals surface area contributed by atoms with Gasteiger partial charge in [-0.25, -0.2) is 8.78 Å². The van der Waals surface area contributed by atoms with E-state index in [0.29, 0.717) is 3.57 Å². The van der Waals surface area contributed by atoms with E-state index in [4.69, 9.17) is 0 Å². The molecule has 0 unspecified atom stereocenters. The number of halogens is 5. The molecule has 0 amide bonds. The molecule has 1 rings (SSSR count). The zero-order valence-corrected chi connectivity index (χ0v) is 9.55. The third-order valence-corrected chi connectivity index (χ3v) is 2.47. The van der Waals surface area contributed by atoms with Gasteiger partial charge in [-0.2, -0.15) is 8.78 Å².